The monoisotopic (exact) mass is 491 g/mol. The van der Waals surface area contributed by atoms with Crippen molar-refractivity contribution in [1.82, 2.24) is 9.80 Å². The summed E-state index contributed by atoms with van der Waals surface area (Å²) in [4.78, 5) is 16.6. The van der Waals surface area contributed by atoms with Crippen molar-refractivity contribution in [3.05, 3.63) is 64.2 Å². The second kappa shape index (κ2) is 10.4. The fourth-order valence-electron chi connectivity index (χ4n) is 3.99. The Morgan fingerprint density at radius 1 is 1.09 bits per heavy atom. The lowest BCUT2D eigenvalue weighted by molar-refractivity contribution is -0.138. The van der Waals surface area contributed by atoms with Crippen molar-refractivity contribution in [3.63, 3.8) is 0 Å². The van der Waals surface area contributed by atoms with Crippen molar-refractivity contribution in [3.8, 4) is 12.3 Å². The zero-order chi connectivity index (χ0) is 25.1. The summed E-state index contributed by atoms with van der Waals surface area (Å²) < 4.78 is 53.6. The van der Waals surface area contributed by atoms with Crippen LogP contribution in [-0.4, -0.2) is 61.5 Å². The summed E-state index contributed by atoms with van der Waals surface area (Å²) in [5.41, 5.74) is 1.11. The first kappa shape index (κ1) is 26.0. The molecule has 0 radical (unpaired) electrons. The predicted octanol–water partition coefficient (Wildman–Crippen LogP) is 4.95. The van der Waals surface area contributed by atoms with Gasteiger partial charge in [0.15, 0.2) is 0 Å². The van der Waals surface area contributed by atoms with Gasteiger partial charge in [-0.3, -0.25) is 14.6 Å². The van der Waals surface area contributed by atoms with Gasteiger partial charge in [-0.15, -0.1) is 6.42 Å². The first-order chi connectivity index (χ1) is 15.9. The summed E-state index contributed by atoms with van der Waals surface area (Å²) in [5, 5.41) is 2.55. The molecule has 0 atom stereocenters. The number of anilines is 1. The van der Waals surface area contributed by atoms with Crippen LogP contribution in [0.25, 0.3) is 0 Å². The number of nitrogens with zero attached hydrogens (tertiary/aromatic N) is 2. The molecule has 1 saturated heterocycles. The van der Waals surface area contributed by atoms with Crippen LogP contribution in [0, 0.1) is 19.3 Å². The van der Waals surface area contributed by atoms with Crippen LogP contribution in [-0.2, 0) is 17.3 Å². The summed E-state index contributed by atoms with van der Waals surface area (Å²) in [6.45, 7) is 7.97. The van der Waals surface area contributed by atoms with E-state index in [0.29, 0.717) is 38.0 Å². The van der Waals surface area contributed by atoms with Gasteiger partial charge in [0.2, 0.25) is 0 Å². The Balaban J connectivity index is 1.73. The molecule has 1 aliphatic rings. The van der Waals surface area contributed by atoms with Crippen LogP contribution in [0.2, 0.25) is 0 Å². The summed E-state index contributed by atoms with van der Waals surface area (Å²) in [7, 11) is -2.18. The van der Waals surface area contributed by atoms with Gasteiger partial charge in [-0.05, 0) is 55.6 Å². The summed E-state index contributed by atoms with van der Waals surface area (Å²) in [5.74, 6) is 1.96. The van der Waals surface area contributed by atoms with Crippen molar-refractivity contribution < 1.29 is 22.5 Å². The fraction of sp³-hybridized carbons (Fsp3) is 0.400. The molecule has 5 nitrogen and oxygen atoms in total. The Kier molecular flexibility index (Phi) is 7.92. The Bertz CT molecular complexity index is 1140. The maximum absolute atomic E-state index is 13.8. The number of terminal acetylenes is 1. The van der Waals surface area contributed by atoms with Crippen LogP contribution >= 0.6 is 7.14 Å². The molecule has 1 heterocycles. The SMILES string of the molecule is C#Cc1cc(C(=O)Nc2ccc(CN3CCN(CP(C)(C)=O)CC3)c(C(F)(F)F)c2)ccc1C. The molecule has 0 unspecified atom stereocenters. The number of carbonyl (C=O) groups excluding carboxylic acids is 1. The van der Waals surface area contributed by atoms with E-state index in [2.05, 4.69) is 16.1 Å². The lowest BCUT2D eigenvalue weighted by atomic mass is 10.0. The first-order valence-electron chi connectivity index (χ1n) is 10.9. The molecular weight excluding hydrogens is 462 g/mol. The van der Waals surface area contributed by atoms with E-state index in [0.717, 1.165) is 11.6 Å². The average Bonchev–Trinajstić information content (AvgIpc) is 2.74. The van der Waals surface area contributed by atoms with Crippen molar-refractivity contribution >= 4 is 18.7 Å². The summed E-state index contributed by atoms with van der Waals surface area (Å²) in [6.07, 6.45) is 1.40. The minimum absolute atomic E-state index is 0.0652. The highest BCUT2D eigenvalue weighted by Gasteiger charge is 2.34. The molecule has 0 aliphatic carbocycles. The van der Waals surface area contributed by atoms with Crippen molar-refractivity contribution in [2.45, 2.75) is 19.6 Å². The first-order valence-corrected chi connectivity index (χ1v) is 13.7. The molecule has 1 N–H and O–H groups in total. The third kappa shape index (κ3) is 6.96. The second-order valence-electron chi connectivity index (χ2n) is 9.11. The number of benzene rings is 2. The molecule has 9 heteroatoms. The van der Waals surface area contributed by atoms with Crippen molar-refractivity contribution in [2.75, 3.05) is 51.1 Å². The topological polar surface area (TPSA) is 52.7 Å². The number of halogens is 3. The lowest BCUT2D eigenvalue weighted by Crippen LogP contribution is -2.46. The highest BCUT2D eigenvalue weighted by Crippen LogP contribution is 2.37. The van der Waals surface area contributed by atoms with Crippen LogP contribution in [0.3, 0.4) is 0 Å². The number of carbonyl (C=O) groups is 1. The number of rotatable bonds is 6. The van der Waals surface area contributed by atoms with Crippen molar-refractivity contribution in [2.24, 2.45) is 0 Å². The van der Waals surface area contributed by atoms with E-state index < -0.39 is 24.8 Å². The molecule has 1 fully saturated rings. The van der Waals surface area contributed by atoms with Crippen LogP contribution in [0.15, 0.2) is 36.4 Å². The Morgan fingerprint density at radius 3 is 2.32 bits per heavy atom. The van der Waals surface area contributed by atoms with Crippen LogP contribution < -0.4 is 5.32 Å². The molecule has 0 aromatic heterocycles. The Morgan fingerprint density at radius 2 is 1.74 bits per heavy atom. The zero-order valence-electron chi connectivity index (χ0n) is 19.6. The molecule has 1 amide bonds. The number of nitrogens with one attached hydrogen (secondary N) is 1. The normalized spacial score (nSPS) is 15.7. The smallest absolute Gasteiger partial charge is 0.323 e. The molecular formula is C25H29F3N3O2P. The van der Waals surface area contributed by atoms with Crippen molar-refractivity contribution in [1.29, 1.82) is 0 Å². The molecule has 2 aromatic rings. The maximum Gasteiger partial charge on any atom is 0.416 e. The van der Waals surface area contributed by atoms with E-state index in [1.54, 1.807) is 31.5 Å². The fourth-order valence-corrected chi connectivity index (χ4v) is 5.24. The standard InChI is InChI=1S/C25H29F3N3O2P/c1-5-19-14-20(7-6-18(19)2)24(32)29-22-9-8-21(23(15-22)25(26,27)28)16-30-10-12-31(13-11-30)17-34(3,4)33/h1,6-9,14-15H,10-13,16-17H2,2-4H3,(H,29,32). The number of piperazine rings is 1. The Labute approximate surface area is 198 Å². The third-order valence-electron chi connectivity index (χ3n) is 5.73. The van der Waals surface area contributed by atoms with Gasteiger partial charge in [0, 0.05) is 49.5 Å². The molecule has 3 rings (SSSR count). The number of alkyl halides is 3. The van der Waals surface area contributed by atoms with Crippen LogP contribution in [0.4, 0.5) is 18.9 Å². The van der Waals surface area contributed by atoms with E-state index in [4.69, 9.17) is 6.42 Å². The highest BCUT2D eigenvalue weighted by atomic mass is 31.2. The van der Waals surface area contributed by atoms with Gasteiger partial charge in [-0.2, -0.15) is 13.2 Å². The van der Waals surface area contributed by atoms with E-state index in [-0.39, 0.29) is 23.4 Å². The van der Waals surface area contributed by atoms with E-state index in [9.17, 15) is 22.5 Å². The Hall–Kier alpha value is -2.59. The van der Waals surface area contributed by atoms with Gasteiger partial charge >= 0.3 is 6.18 Å². The number of hydrogen-bond donors (Lipinski definition) is 1. The highest BCUT2D eigenvalue weighted by molar-refractivity contribution is 7.62. The molecule has 0 spiro atoms. The lowest BCUT2D eigenvalue weighted by Gasteiger charge is -2.35. The number of hydrogen-bond acceptors (Lipinski definition) is 4. The zero-order valence-corrected chi connectivity index (χ0v) is 20.5. The van der Waals surface area contributed by atoms with Gasteiger partial charge in [-0.1, -0.05) is 18.1 Å². The van der Waals surface area contributed by atoms with Gasteiger partial charge in [0.1, 0.15) is 0 Å². The maximum atomic E-state index is 13.8. The molecule has 182 valence electrons. The minimum Gasteiger partial charge on any atom is -0.323 e. The van der Waals surface area contributed by atoms with Gasteiger partial charge in [0.25, 0.3) is 5.91 Å². The molecule has 2 aromatic carbocycles. The average molecular weight is 491 g/mol. The van der Waals surface area contributed by atoms with E-state index in [1.165, 1.54) is 12.1 Å². The van der Waals surface area contributed by atoms with Gasteiger partial charge < -0.3 is 9.88 Å². The van der Waals surface area contributed by atoms with Crippen LogP contribution in [0.1, 0.15) is 32.6 Å². The predicted molar refractivity (Wildman–Crippen MR) is 130 cm³/mol. The molecule has 0 saturated carbocycles. The third-order valence-corrected chi connectivity index (χ3v) is 6.81. The van der Waals surface area contributed by atoms with Gasteiger partial charge in [0.05, 0.1) is 19.0 Å². The van der Waals surface area contributed by atoms with Crippen LogP contribution in [0.5, 0.6) is 0 Å². The van der Waals surface area contributed by atoms with E-state index in [1.807, 2.05) is 11.8 Å². The largest absolute Gasteiger partial charge is 0.416 e. The quantitative estimate of drug-likeness (QED) is 0.459. The molecule has 34 heavy (non-hydrogen) atoms. The second-order valence-corrected chi connectivity index (χ2v) is 12.5. The molecule has 1 aliphatic heterocycles. The summed E-state index contributed by atoms with van der Waals surface area (Å²) in [6, 6.07) is 8.70. The number of amides is 1. The molecule has 0 bridgehead atoms. The van der Waals surface area contributed by atoms with E-state index >= 15 is 0 Å². The minimum atomic E-state index is -4.56. The number of aryl methyl sites for hydroxylation is 1. The summed E-state index contributed by atoms with van der Waals surface area (Å²) >= 11 is 0. The van der Waals surface area contributed by atoms with Gasteiger partial charge in [-0.25, -0.2) is 0 Å².